The second-order valence-electron chi connectivity index (χ2n) is 3.83. The Morgan fingerprint density at radius 3 is 2.06 bits per heavy atom. The second-order valence-corrected chi connectivity index (χ2v) is 3.83. The van der Waals surface area contributed by atoms with E-state index in [1.165, 1.54) is 0 Å². The molecule has 0 aliphatic rings. The smallest absolute Gasteiger partial charge is 0.132 e. The highest BCUT2D eigenvalue weighted by molar-refractivity contribution is 5.76. The summed E-state index contributed by atoms with van der Waals surface area (Å²) < 4.78 is 0. The van der Waals surface area contributed by atoms with Crippen LogP contribution in [0.2, 0.25) is 0 Å². The maximum absolute atomic E-state index is 10.8. The highest BCUT2D eigenvalue weighted by atomic mass is 16.4. The highest BCUT2D eigenvalue weighted by Gasteiger charge is 2.42. The molecule has 0 saturated carbocycles. The Labute approximate surface area is 92.6 Å². The number of ketones is 1. The Hall–Kier alpha value is -0.570. The third-order valence-electron chi connectivity index (χ3n) is 2.28. The summed E-state index contributed by atoms with van der Waals surface area (Å²) in [4.78, 5) is 10.8. The van der Waals surface area contributed by atoms with Gasteiger partial charge in [-0.1, -0.05) is 0 Å². The van der Waals surface area contributed by atoms with Gasteiger partial charge in [-0.15, -0.1) is 0 Å². The zero-order chi connectivity index (χ0) is 12.9. The van der Waals surface area contributed by atoms with Gasteiger partial charge in [0.05, 0.1) is 13.2 Å². The van der Waals surface area contributed by atoms with E-state index < -0.39 is 49.3 Å². The van der Waals surface area contributed by atoms with Crippen molar-refractivity contribution in [3.63, 3.8) is 0 Å². The zero-order valence-corrected chi connectivity index (χ0v) is 8.94. The summed E-state index contributed by atoms with van der Waals surface area (Å²) in [5, 5.41) is 55.0. The molecule has 0 rings (SSSR count). The lowest BCUT2D eigenvalue weighted by atomic mass is 9.87. The maximum Gasteiger partial charge on any atom is 0.132 e. The summed E-state index contributed by atoms with van der Waals surface area (Å²) in [6, 6.07) is 0. The minimum absolute atomic E-state index is 0.499. The van der Waals surface area contributed by atoms with Crippen molar-refractivity contribution in [2.75, 3.05) is 13.2 Å². The third kappa shape index (κ3) is 3.78. The van der Waals surface area contributed by atoms with Gasteiger partial charge in [0.25, 0.3) is 0 Å². The molecule has 0 aromatic heterocycles. The fourth-order valence-electron chi connectivity index (χ4n) is 1.32. The first-order chi connectivity index (χ1) is 7.28. The van der Waals surface area contributed by atoms with Crippen molar-refractivity contribution in [3.8, 4) is 0 Å². The molecule has 4 atom stereocenters. The van der Waals surface area contributed by atoms with Crippen LogP contribution in [0.3, 0.4) is 0 Å². The molecule has 16 heavy (non-hydrogen) atoms. The number of rotatable bonds is 7. The summed E-state index contributed by atoms with van der Waals surface area (Å²) in [5.74, 6) is -0.499. The summed E-state index contributed by atoms with van der Waals surface area (Å²) in [5.41, 5.74) is -2.23. The second kappa shape index (κ2) is 6.24. The molecule has 96 valence electrons. The Kier molecular flexibility index (Phi) is 6.01. The molecule has 0 aliphatic carbocycles. The fraction of sp³-hybridized carbons (Fsp3) is 0.889. The normalized spacial score (nSPS) is 20.9. The van der Waals surface area contributed by atoms with Gasteiger partial charge in [0, 0.05) is 6.42 Å². The van der Waals surface area contributed by atoms with E-state index >= 15 is 0 Å². The summed E-state index contributed by atoms with van der Waals surface area (Å²) in [6.07, 6.45) is -6.04. The molecule has 0 radical (unpaired) electrons. The van der Waals surface area contributed by atoms with Crippen LogP contribution in [0.25, 0.3) is 0 Å². The van der Waals surface area contributed by atoms with Crippen LogP contribution in [-0.4, -0.2) is 73.5 Å². The van der Waals surface area contributed by atoms with E-state index in [1.54, 1.807) is 0 Å². The zero-order valence-electron chi connectivity index (χ0n) is 8.94. The van der Waals surface area contributed by atoms with Crippen LogP contribution in [0, 0.1) is 0 Å². The fourth-order valence-corrected chi connectivity index (χ4v) is 1.32. The SMILES string of the molecule is CC(=O)CC(O)(CO)[C@@H](O)[C@H](O)[C@H](O)CO. The number of Topliss-reactive ketones (excluding diaryl/α,β-unsaturated/α-hetero) is 1. The van der Waals surface area contributed by atoms with Gasteiger partial charge in [-0.2, -0.15) is 0 Å². The monoisotopic (exact) mass is 238 g/mol. The average Bonchev–Trinajstić information content (AvgIpc) is 2.24. The largest absolute Gasteiger partial charge is 0.394 e. The van der Waals surface area contributed by atoms with Crippen LogP contribution >= 0.6 is 0 Å². The van der Waals surface area contributed by atoms with Gasteiger partial charge in [0.15, 0.2) is 0 Å². The molecular formula is C9H18O7. The van der Waals surface area contributed by atoms with Crippen LogP contribution in [0.1, 0.15) is 13.3 Å². The highest BCUT2D eigenvalue weighted by Crippen LogP contribution is 2.20. The van der Waals surface area contributed by atoms with Gasteiger partial charge in [-0.05, 0) is 6.92 Å². The lowest BCUT2D eigenvalue weighted by molar-refractivity contribution is -0.177. The van der Waals surface area contributed by atoms with E-state index in [0.29, 0.717) is 0 Å². The molecule has 7 nitrogen and oxygen atoms in total. The van der Waals surface area contributed by atoms with Crippen molar-refractivity contribution < 1.29 is 35.4 Å². The van der Waals surface area contributed by atoms with Gasteiger partial charge in [-0.25, -0.2) is 0 Å². The maximum atomic E-state index is 10.8. The van der Waals surface area contributed by atoms with E-state index in [-0.39, 0.29) is 0 Å². The van der Waals surface area contributed by atoms with Gasteiger partial charge in [0.1, 0.15) is 29.7 Å². The topological polar surface area (TPSA) is 138 Å². The average molecular weight is 238 g/mol. The molecular weight excluding hydrogens is 220 g/mol. The van der Waals surface area contributed by atoms with Crippen LogP contribution < -0.4 is 0 Å². The lowest BCUT2D eigenvalue weighted by Crippen LogP contribution is -2.56. The molecule has 7 heteroatoms. The number of carbonyl (C=O) groups is 1. The first-order valence-electron chi connectivity index (χ1n) is 4.76. The molecule has 0 bridgehead atoms. The molecule has 1 unspecified atom stereocenters. The van der Waals surface area contributed by atoms with Crippen LogP contribution in [0.5, 0.6) is 0 Å². The van der Waals surface area contributed by atoms with E-state index in [0.717, 1.165) is 6.92 Å². The van der Waals surface area contributed by atoms with Gasteiger partial charge in [0.2, 0.25) is 0 Å². The summed E-state index contributed by atoms with van der Waals surface area (Å²) in [7, 11) is 0. The van der Waals surface area contributed by atoms with Crippen molar-refractivity contribution in [2.45, 2.75) is 37.3 Å². The van der Waals surface area contributed by atoms with Crippen molar-refractivity contribution in [3.05, 3.63) is 0 Å². The number of aliphatic hydroxyl groups is 6. The Morgan fingerprint density at radius 1 is 1.25 bits per heavy atom. The molecule has 6 N–H and O–H groups in total. The number of carbonyl (C=O) groups excluding carboxylic acids is 1. The molecule has 0 aromatic carbocycles. The van der Waals surface area contributed by atoms with Crippen molar-refractivity contribution in [2.24, 2.45) is 0 Å². The van der Waals surface area contributed by atoms with Crippen molar-refractivity contribution in [1.82, 2.24) is 0 Å². The standard InChI is InChI=1S/C9H18O7/c1-5(12)2-9(16,4-11)8(15)7(14)6(13)3-10/h6-8,10-11,13-16H,2-4H2,1H3/t6-,7-,8+,9?/m1/s1. The van der Waals surface area contributed by atoms with Crippen molar-refractivity contribution in [1.29, 1.82) is 0 Å². The minimum atomic E-state index is -2.23. The third-order valence-corrected chi connectivity index (χ3v) is 2.28. The van der Waals surface area contributed by atoms with Gasteiger partial charge >= 0.3 is 0 Å². The summed E-state index contributed by atoms with van der Waals surface area (Å²) in [6.45, 7) is -0.634. The molecule has 0 amide bonds. The molecule has 0 heterocycles. The van der Waals surface area contributed by atoms with Crippen LogP contribution in [0.4, 0.5) is 0 Å². The molecule has 0 saturated heterocycles. The predicted molar refractivity (Wildman–Crippen MR) is 52.4 cm³/mol. The first-order valence-corrected chi connectivity index (χ1v) is 4.76. The van der Waals surface area contributed by atoms with E-state index in [9.17, 15) is 20.1 Å². The lowest BCUT2D eigenvalue weighted by Gasteiger charge is -2.34. The molecule has 0 aliphatic heterocycles. The van der Waals surface area contributed by atoms with E-state index in [1.807, 2.05) is 0 Å². The Balaban J connectivity index is 4.74. The number of hydrogen-bond acceptors (Lipinski definition) is 7. The summed E-state index contributed by atoms with van der Waals surface area (Å²) >= 11 is 0. The van der Waals surface area contributed by atoms with Crippen LogP contribution in [0.15, 0.2) is 0 Å². The minimum Gasteiger partial charge on any atom is -0.394 e. The first kappa shape index (κ1) is 15.4. The predicted octanol–water partition coefficient (Wildman–Crippen LogP) is -3.24. The Morgan fingerprint density at radius 2 is 1.75 bits per heavy atom. The van der Waals surface area contributed by atoms with Crippen LogP contribution in [-0.2, 0) is 4.79 Å². The van der Waals surface area contributed by atoms with E-state index in [4.69, 9.17) is 15.3 Å². The van der Waals surface area contributed by atoms with E-state index in [2.05, 4.69) is 0 Å². The number of aliphatic hydroxyl groups excluding tert-OH is 5. The van der Waals surface area contributed by atoms with Gasteiger partial charge < -0.3 is 30.6 Å². The molecule has 0 spiro atoms. The van der Waals surface area contributed by atoms with Crippen molar-refractivity contribution >= 4 is 5.78 Å². The number of hydrogen-bond donors (Lipinski definition) is 6. The quantitative estimate of drug-likeness (QED) is 0.274. The Bertz CT molecular complexity index is 232. The molecule has 0 fully saturated rings. The molecule has 0 aromatic rings. The van der Waals surface area contributed by atoms with Gasteiger partial charge in [-0.3, -0.25) is 4.79 Å².